The van der Waals surface area contributed by atoms with Gasteiger partial charge in [0, 0.05) is 0 Å². The minimum absolute atomic E-state index is 0.226. The molecule has 16 heavy (non-hydrogen) atoms. The molecule has 1 aromatic carbocycles. The maximum Gasteiger partial charge on any atom is 0.346 e. The van der Waals surface area contributed by atoms with Crippen molar-refractivity contribution in [1.29, 1.82) is 5.26 Å². The fourth-order valence-electron chi connectivity index (χ4n) is 1.17. The first-order valence-electron chi connectivity index (χ1n) is 4.01. The summed E-state index contributed by atoms with van der Waals surface area (Å²) in [6, 6.07) is 3.70. The first-order chi connectivity index (χ1) is 7.52. The van der Waals surface area contributed by atoms with Crippen molar-refractivity contribution in [1.82, 2.24) is 0 Å². The fraction of sp³-hybridized carbons (Fsp3) is 0.111. The van der Waals surface area contributed by atoms with Crippen molar-refractivity contribution in [2.24, 2.45) is 0 Å². The molecule has 0 bridgehead atoms. The lowest BCUT2D eigenvalue weighted by atomic mass is 10.1. The molecule has 0 aliphatic carbocycles. The number of phenols is 1. The van der Waals surface area contributed by atoms with Gasteiger partial charge in [-0.05, 0) is 12.1 Å². The number of aromatic hydroxyl groups is 1. The van der Waals surface area contributed by atoms with Gasteiger partial charge in [0.25, 0.3) is 0 Å². The Balaban J connectivity index is 3.63. The van der Waals surface area contributed by atoms with E-state index < -0.39 is 27.9 Å². The summed E-state index contributed by atoms with van der Waals surface area (Å²) in [4.78, 5) is 21.0. The van der Waals surface area contributed by atoms with Crippen LogP contribution in [0.1, 0.15) is 15.9 Å². The molecule has 0 heterocycles. The summed E-state index contributed by atoms with van der Waals surface area (Å²) in [5.74, 6) is -1.73. The van der Waals surface area contributed by atoms with Crippen molar-refractivity contribution in [2.75, 3.05) is 7.11 Å². The molecule has 0 unspecified atom stereocenters. The Bertz CT molecular complexity index is 503. The molecule has 0 saturated carbocycles. The monoisotopic (exact) mass is 222 g/mol. The third-order valence-electron chi connectivity index (χ3n) is 1.85. The van der Waals surface area contributed by atoms with Crippen LogP contribution in [0.2, 0.25) is 0 Å². The highest BCUT2D eigenvalue weighted by Crippen LogP contribution is 2.32. The van der Waals surface area contributed by atoms with E-state index in [1.807, 2.05) is 0 Å². The van der Waals surface area contributed by atoms with Gasteiger partial charge in [0.2, 0.25) is 0 Å². The van der Waals surface area contributed by atoms with Crippen LogP contribution in [0.5, 0.6) is 5.75 Å². The number of hydrogen-bond acceptors (Lipinski definition) is 6. The lowest BCUT2D eigenvalue weighted by Gasteiger charge is -2.04. The zero-order valence-electron chi connectivity index (χ0n) is 8.13. The Morgan fingerprint density at radius 3 is 2.69 bits per heavy atom. The first-order valence-corrected chi connectivity index (χ1v) is 4.01. The number of esters is 1. The van der Waals surface area contributed by atoms with Gasteiger partial charge in [-0.1, -0.05) is 0 Å². The van der Waals surface area contributed by atoms with Crippen LogP contribution in [0.3, 0.4) is 0 Å². The molecule has 7 heteroatoms. The number of carbonyl (C=O) groups is 1. The molecule has 0 saturated heterocycles. The molecule has 0 aliphatic rings. The van der Waals surface area contributed by atoms with E-state index in [-0.39, 0.29) is 5.56 Å². The van der Waals surface area contributed by atoms with E-state index in [2.05, 4.69) is 4.74 Å². The van der Waals surface area contributed by atoms with Crippen LogP contribution in [0.25, 0.3) is 0 Å². The van der Waals surface area contributed by atoms with Gasteiger partial charge in [-0.3, -0.25) is 10.1 Å². The molecule has 0 fully saturated rings. The molecule has 82 valence electrons. The topological polar surface area (TPSA) is 113 Å². The number of nitro groups is 1. The third-order valence-corrected chi connectivity index (χ3v) is 1.85. The van der Waals surface area contributed by atoms with E-state index in [1.54, 1.807) is 6.07 Å². The summed E-state index contributed by atoms with van der Waals surface area (Å²) in [5, 5.41) is 28.6. The number of methoxy groups -OCH3 is 1. The van der Waals surface area contributed by atoms with E-state index in [9.17, 15) is 20.0 Å². The van der Waals surface area contributed by atoms with Crippen molar-refractivity contribution in [2.45, 2.75) is 0 Å². The molecular formula is C9H6N2O5. The minimum Gasteiger partial charge on any atom is -0.502 e. The van der Waals surface area contributed by atoms with Crippen LogP contribution in [0, 0.1) is 21.4 Å². The molecule has 0 aliphatic heterocycles. The maximum atomic E-state index is 11.3. The van der Waals surface area contributed by atoms with E-state index >= 15 is 0 Å². The van der Waals surface area contributed by atoms with E-state index in [4.69, 9.17) is 5.26 Å². The van der Waals surface area contributed by atoms with Gasteiger partial charge in [0.05, 0.1) is 17.6 Å². The Kier molecular flexibility index (Phi) is 3.06. The Morgan fingerprint density at radius 2 is 2.25 bits per heavy atom. The molecule has 0 spiro atoms. The van der Waals surface area contributed by atoms with Gasteiger partial charge in [-0.25, -0.2) is 4.79 Å². The maximum absolute atomic E-state index is 11.3. The highest BCUT2D eigenvalue weighted by molar-refractivity contribution is 5.97. The summed E-state index contributed by atoms with van der Waals surface area (Å²) < 4.78 is 4.32. The zero-order valence-corrected chi connectivity index (χ0v) is 8.13. The average Bonchev–Trinajstić information content (AvgIpc) is 2.27. The van der Waals surface area contributed by atoms with E-state index in [0.717, 1.165) is 19.2 Å². The molecule has 0 aromatic heterocycles. The third kappa shape index (κ3) is 1.76. The second-order valence-electron chi connectivity index (χ2n) is 2.72. The largest absolute Gasteiger partial charge is 0.502 e. The van der Waals surface area contributed by atoms with Crippen LogP contribution >= 0.6 is 0 Å². The van der Waals surface area contributed by atoms with Crippen LogP contribution in [0.15, 0.2) is 12.1 Å². The van der Waals surface area contributed by atoms with E-state index in [1.165, 1.54) is 0 Å². The molecule has 1 rings (SSSR count). The number of nitrogens with zero attached hydrogens (tertiary/aromatic N) is 2. The van der Waals surface area contributed by atoms with Crippen molar-refractivity contribution in [3.63, 3.8) is 0 Å². The van der Waals surface area contributed by atoms with Gasteiger partial charge in [-0.2, -0.15) is 5.26 Å². The molecule has 1 aromatic rings. The lowest BCUT2D eigenvalue weighted by Crippen LogP contribution is -2.08. The average molecular weight is 222 g/mol. The Morgan fingerprint density at radius 1 is 1.62 bits per heavy atom. The van der Waals surface area contributed by atoms with Crippen LogP contribution in [0.4, 0.5) is 5.69 Å². The SMILES string of the molecule is COC(=O)c1c(C#N)ccc(O)c1[N+](=O)[O-]. The predicted molar refractivity (Wildman–Crippen MR) is 50.8 cm³/mol. The number of benzene rings is 1. The van der Waals surface area contributed by atoms with E-state index in [0.29, 0.717) is 0 Å². The number of ether oxygens (including phenoxy) is 1. The molecule has 0 amide bonds. The van der Waals surface area contributed by atoms with Gasteiger partial charge < -0.3 is 9.84 Å². The number of phenolic OH excluding ortho intramolecular Hbond substituents is 1. The van der Waals surface area contributed by atoms with Crippen molar-refractivity contribution < 1.29 is 19.6 Å². The predicted octanol–water partition coefficient (Wildman–Crippen LogP) is 0.959. The van der Waals surface area contributed by atoms with Gasteiger partial charge >= 0.3 is 11.7 Å². The van der Waals surface area contributed by atoms with Crippen LogP contribution < -0.4 is 0 Å². The van der Waals surface area contributed by atoms with Crippen molar-refractivity contribution >= 4 is 11.7 Å². The summed E-state index contributed by atoms with van der Waals surface area (Å²) in [7, 11) is 1.03. The summed E-state index contributed by atoms with van der Waals surface area (Å²) in [6.45, 7) is 0. The molecule has 0 atom stereocenters. The fourth-order valence-corrected chi connectivity index (χ4v) is 1.17. The van der Waals surface area contributed by atoms with Crippen LogP contribution in [-0.2, 0) is 4.74 Å². The number of rotatable bonds is 2. The lowest BCUT2D eigenvalue weighted by molar-refractivity contribution is -0.386. The first kappa shape index (κ1) is 11.5. The van der Waals surface area contributed by atoms with Crippen molar-refractivity contribution in [3.8, 4) is 11.8 Å². The Labute approximate surface area is 89.6 Å². The minimum atomic E-state index is -1.04. The number of hydrogen-bond donors (Lipinski definition) is 1. The van der Waals surface area contributed by atoms with Gasteiger partial charge in [0.15, 0.2) is 11.3 Å². The second-order valence-corrected chi connectivity index (χ2v) is 2.72. The summed E-state index contributed by atoms with van der Waals surface area (Å²) in [5.41, 5.74) is -1.60. The highest BCUT2D eigenvalue weighted by atomic mass is 16.6. The van der Waals surface area contributed by atoms with Crippen LogP contribution in [-0.4, -0.2) is 23.1 Å². The quantitative estimate of drug-likeness (QED) is 0.452. The van der Waals surface area contributed by atoms with Gasteiger partial charge in [-0.15, -0.1) is 0 Å². The number of carbonyl (C=O) groups excluding carboxylic acids is 1. The standard InChI is InChI=1S/C9H6N2O5/c1-16-9(13)7-5(4-10)2-3-6(12)8(7)11(14)15/h2-3,12H,1H3. The molecule has 1 N–H and O–H groups in total. The smallest absolute Gasteiger partial charge is 0.346 e. The molecular weight excluding hydrogens is 216 g/mol. The normalized spacial score (nSPS) is 9.25. The Hall–Kier alpha value is -2.62. The highest BCUT2D eigenvalue weighted by Gasteiger charge is 2.29. The van der Waals surface area contributed by atoms with Gasteiger partial charge in [0.1, 0.15) is 6.07 Å². The number of nitro benzene ring substituents is 1. The van der Waals surface area contributed by atoms with Crippen molar-refractivity contribution in [3.05, 3.63) is 33.4 Å². The number of nitriles is 1. The summed E-state index contributed by atoms with van der Waals surface area (Å²) in [6.07, 6.45) is 0. The molecule has 0 radical (unpaired) electrons. The zero-order chi connectivity index (χ0) is 12.3. The summed E-state index contributed by atoms with van der Waals surface area (Å²) >= 11 is 0. The second kappa shape index (κ2) is 4.27. The molecule has 7 nitrogen and oxygen atoms in total.